The van der Waals surface area contributed by atoms with Crippen LogP contribution in [0.15, 0.2) is 46.3 Å². The van der Waals surface area contributed by atoms with Crippen LogP contribution in [-0.2, 0) is 4.79 Å². The van der Waals surface area contributed by atoms with Crippen LogP contribution < -0.4 is 9.47 Å². The number of halogens is 1. The first-order chi connectivity index (χ1) is 15.4. The molecule has 1 heterocycles. The van der Waals surface area contributed by atoms with Gasteiger partial charge in [-0.3, -0.25) is 9.69 Å². The lowest BCUT2D eigenvalue weighted by Crippen LogP contribution is -2.28. The molecule has 168 valence electrons. The topological polar surface area (TPSA) is 88.4 Å². The van der Waals surface area contributed by atoms with Crippen molar-refractivity contribution in [3.63, 3.8) is 0 Å². The predicted molar refractivity (Wildman–Crippen MR) is 135 cm³/mol. The van der Waals surface area contributed by atoms with Crippen molar-refractivity contribution in [3.05, 3.63) is 56.0 Å². The highest BCUT2D eigenvalue weighted by atomic mass is 127. The second kappa shape index (κ2) is 10.9. The summed E-state index contributed by atoms with van der Waals surface area (Å²) < 4.78 is 12.4. The Hall–Kier alpha value is -2.53. The molecule has 0 unspecified atom stereocenters. The van der Waals surface area contributed by atoms with E-state index in [0.29, 0.717) is 47.0 Å². The molecular weight excluding hydrogens is 543 g/mol. The predicted octanol–water partition coefficient (Wildman–Crippen LogP) is 5.41. The van der Waals surface area contributed by atoms with Gasteiger partial charge in [0.25, 0.3) is 5.91 Å². The number of hydrogen-bond donors (Lipinski definition) is 1. The van der Waals surface area contributed by atoms with E-state index in [0.717, 1.165) is 9.13 Å². The molecule has 0 radical (unpaired) electrons. The zero-order valence-corrected chi connectivity index (χ0v) is 20.9. The summed E-state index contributed by atoms with van der Waals surface area (Å²) >= 11 is 3.49. The lowest BCUT2D eigenvalue weighted by molar-refractivity contribution is -0.122. The summed E-state index contributed by atoms with van der Waals surface area (Å²) in [5, 5.41) is 9.60. The third-order valence-corrected chi connectivity index (χ3v) is 6.27. The smallest absolute Gasteiger partial charge is 0.335 e. The molecule has 0 aromatic heterocycles. The maximum atomic E-state index is 13.0. The Labute approximate surface area is 204 Å². The Morgan fingerprint density at radius 1 is 1.16 bits per heavy atom. The van der Waals surface area contributed by atoms with Gasteiger partial charge in [-0.05, 0) is 103 Å². The van der Waals surface area contributed by atoms with E-state index in [1.807, 2.05) is 39.0 Å². The summed E-state index contributed by atoms with van der Waals surface area (Å²) in [5.74, 6) is 0.222. The second-order valence-corrected chi connectivity index (χ2v) is 8.77. The number of carboxylic acid groups (broad SMARTS) is 1. The Bertz CT molecular complexity index is 1080. The van der Waals surface area contributed by atoms with Gasteiger partial charge in [0, 0.05) is 6.54 Å². The van der Waals surface area contributed by atoms with Crippen LogP contribution in [0.25, 0.3) is 6.08 Å². The number of carbonyl (C=O) groups is 2. The van der Waals surface area contributed by atoms with Crippen LogP contribution in [0.4, 0.5) is 5.69 Å². The van der Waals surface area contributed by atoms with E-state index in [-0.39, 0.29) is 11.5 Å². The van der Waals surface area contributed by atoms with E-state index in [1.54, 1.807) is 17.0 Å². The van der Waals surface area contributed by atoms with Crippen LogP contribution in [0.1, 0.15) is 36.7 Å². The van der Waals surface area contributed by atoms with E-state index in [4.69, 9.17) is 14.6 Å². The summed E-state index contributed by atoms with van der Waals surface area (Å²) in [6.45, 7) is 7.23. The maximum Gasteiger partial charge on any atom is 0.335 e. The highest BCUT2D eigenvalue weighted by molar-refractivity contribution is 14.1. The highest BCUT2D eigenvalue weighted by Crippen LogP contribution is 2.38. The number of amidine groups is 1. The molecule has 1 amide bonds. The number of aliphatic imine (C=N–C) groups is 1. The van der Waals surface area contributed by atoms with E-state index in [1.165, 1.54) is 23.9 Å². The van der Waals surface area contributed by atoms with Crippen molar-refractivity contribution in [1.29, 1.82) is 0 Å². The first kappa shape index (κ1) is 24.1. The minimum absolute atomic E-state index is 0.125. The number of rotatable bonds is 8. The fraction of sp³-hybridized carbons (Fsp3) is 0.261. The molecule has 0 bridgehead atoms. The second-order valence-electron chi connectivity index (χ2n) is 6.60. The van der Waals surface area contributed by atoms with Crippen molar-refractivity contribution in [3.8, 4) is 11.5 Å². The van der Waals surface area contributed by atoms with Crippen molar-refractivity contribution in [2.24, 2.45) is 4.99 Å². The van der Waals surface area contributed by atoms with Gasteiger partial charge < -0.3 is 14.6 Å². The molecule has 2 aromatic rings. The van der Waals surface area contributed by atoms with Gasteiger partial charge in [0.05, 0.1) is 32.9 Å². The summed E-state index contributed by atoms with van der Waals surface area (Å²) in [7, 11) is 0. The largest absolute Gasteiger partial charge is 0.490 e. The third kappa shape index (κ3) is 5.44. The number of thioether (sulfide) groups is 1. The molecule has 9 heteroatoms. The highest BCUT2D eigenvalue weighted by Gasteiger charge is 2.32. The number of hydrogen-bond acceptors (Lipinski definition) is 6. The van der Waals surface area contributed by atoms with E-state index in [9.17, 15) is 9.59 Å². The molecule has 0 atom stereocenters. The lowest BCUT2D eigenvalue weighted by atomic mass is 10.2. The first-order valence-electron chi connectivity index (χ1n) is 10.1. The van der Waals surface area contributed by atoms with E-state index in [2.05, 4.69) is 27.6 Å². The van der Waals surface area contributed by atoms with Crippen LogP contribution >= 0.6 is 34.4 Å². The summed E-state index contributed by atoms with van der Waals surface area (Å²) in [6.07, 6.45) is 1.83. The quantitative estimate of drug-likeness (QED) is 0.340. The van der Waals surface area contributed by atoms with E-state index >= 15 is 0 Å². The molecule has 0 spiro atoms. The normalized spacial score (nSPS) is 16.1. The van der Waals surface area contributed by atoms with Gasteiger partial charge in [0.1, 0.15) is 0 Å². The van der Waals surface area contributed by atoms with Crippen molar-refractivity contribution < 1.29 is 24.2 Å². The van der Waals surface area contributed by atoms with Gasteiger partial charge in [-0.15, -0.1) is 0 Å². The molecule has 1 aliphatic heterocycles. The zero-order valence-electron chi connectivity index (χ0n) is 17.9. The Kier molecular flexibility index (Phi) is 8.19. The van der Waals surface area contributed by atoms with Gasteiger partial charge in [0.2, 0.25) is 0 Å². The van der Waals surface area contributed by atoms with Crippen LogP contribution in [0.2, 0.25) is 0 Å². The van der Waals surface area contributed by atoms with Crippen LogP contribution in [0.5, 0.6) is 11.5 Å². The van der Waals surface area contributed by atoms with Crippen LogP contribution in [-0.4, -0.2) is 46.8 Å². The van der Waals surface area contributed by atoms with Crippen LogP contribution in [0, 0.1) is 3.57 Å². The number of likely N-dealkylation sites (N-methyl/N-ethyl adjacent to an activating group) is 1. The third-order valence-electron chi connectivity index (χ3n) is 4.46. The number of aromatic carboxylic acids is 1. The number of amides is 1. The summed E-state index contributed by atoms with van der Waals surface area (Å²) in [5.41, 5.74) is 1.60. The minimum atomic E-state index is -0.994. The molecule has 0 saturated carbocycles. The molecule has 2 aromatic carbocycles. The molecule has 3 rings (SSSR count). The molecule has 1 fully saturated rings. The molecule has 7 nitrogen and oxygen atoms in total. The molecule has 1 saturated heterocycles. The fourth-order valence-electron chi connectivity index (χ4n) is 3.03. The minimum Gasteiger partial charge on any atom is -0.490 e. The monoisotopic (exact) mass is 566 g/mol. The van der Waals surface area contributed by atoms with Gasteiger partial charge in [-0.25, -0.2) is 9.79 Å². The fourth-order valence-corrected chi connectivity index (χ4v) is 4.87. The van der Waals surface area contributed by atoms with Gasteiger partial charge in [0.15, 0.2) is 16.7 Å². The van der Waals surface area contributed by atoms with Gasteiger partial charge in [-0.2, -0.15) is 0 Å². The molecule has 0 aliphatic carbocycles. The number of ether oxygens (including phenoxy) is 2. The zero-order chi connectivity index (χ0) is 23.3. The Balaban J connectivity index is 1.93. The average Bonchev–Trinajstić information content (AvgIpc) is 3.05. The number of carboxylic acids is 1. The number of carbonyl (C=O) groups excluding carboxylic acids is 1. The summed E-state index contributed by atoms with van der Waals surface area (Å²) in [6, 6.07) is 10.1. The molecule has 32 heavy (non-hydrogen) atoms. The van der Waals surface area contributed by atoms with Crippen molar-refractivity contribution in [1.82, 2.24) is 4.90 Å². The first-order valence-corrected chi connectivity index (χ1v) is 12.0. The molecule has 1 N–H and O–H groups in total. The van der Waals surface area contributed by atoms with Gasteiger partial charge >= 0.3 is 5.97 Å². The van der Waals surface area contributed by atoms with Crippen molar-refractivity contribution in [2.75, 3.05) is 19.8 Å². The molecular formula is C23H23IN2O5S. The standard InChI is InChI=1S/C23H23IN2O5S/c1-4-26-21(27)19(32-23(26)25-16-9-7-15(8-10-16)22(28)29)13-14-11-17(24)20(31-6-3)18(12-14)30-5-2/h7-13H,4-6H2,1-3H3,(H,28,29)/b19-13-,25-23?. The van der Waals surface area contributed by atoms with E-state index < -0.39 is 5.97 Å². The summed E-state index contributed by atoms with van der Waals surface area (Å²) in [4.78, 5) is 30.7. The van der Waals surface area contributed by atoms with Gasteiger partial charge in [-0.1, -0.05) is 0 Å². The Morgan fingerprint density at radius 2 is 1.84 bits per heavy atom. The average molecular weight is 566 g/mol. The number of nitrogens with zero attached hydrogens (tertiary/aromatic N) is 2. The molecule has 1 aliphatic rings. The van der Waals surface area contributed by atoms with Crippen molar-refractivity contribution in [2.45, 2.75) is 20.8 Å². The maximum absolute atomic E-state index is 13.0. The van der Waals surface area contributed by atoms with Crippen molar-refractivity contribution >= 4 is 63.2 Å². The SMILES string of the molecule is CCOc1cc(/C=C2\SC(=Nc3ccc(C(=O)O)cc3)N(CC)C2=O)cc(I)c1OCC. The number of benzene rings is 2. The lowest BCUT2D eigenvalue weighted by Gasteiger charge is -2.14. The van der Waals surface area contributed by atoms with Crippen LogP contribution in [0.3, 0.4) is 0 Å². The Morgan fingerprint density at radius 3 is 2.44 bits per heavy atom.